The van der Waals surface area contributed by atoms with E-state index in [0.717, 1.165) is 19.4 Å². The molecule has 3 atom stereocenters. The number of likely N-dealkylation sites (tertiary alicyclic amines) is 1. The minimum Gasteiger partial charge on any atom is -0.489 e. The Kier molecular flexibility index (Phi) is 6.54. The standard InChI is InChI=1S/C17H25ClN2O3/c1-12(23-16-7-3-6-15(18)9-16)10-19-17(22)20-8-4-5-14(11-20)13(2)21/h3,6-7,9,12-14,21H,4-5,8,10-11H2,1-2H3,(H,19,22). The van der Waals surface area contributed by atoms with Gasteiger partial charge in [-0.05, 0) is 44.9 Å². The molecule has 0 saturated carbocycles. The third kappa shape index (κ3) is 5.59. The molecule has 2 rings (SSSR count). The number of benzene rings is 1. The molecule has 1 aliphatic rings. The van der Waals surface area contributed by atoms with Crippen molar-refractivity contribution in [3.63, 3.8) is 0 Å². The molecule has 23 heavy (non-hydrogen) atoms. The van der Waals surface area contributed by atoms with E-state index in [-0.39, 0.29) is 24.2 Å². The van der Waals surface area contributed by atoms with Crippen molar-refractivity contribution in [2.45, 2.75) is 38.9 Å². The quantitative estimate of drug-likeness (QED) is 0.866. The Morgan fingerprint density at radius 1 is 1.52 bits per heavy atom. The largest absolute Gasteiger partial charge is 0.489 e. The molecular formula is C17H25ClN2O3. The number of aliphatic hydroxyl groups is 1. The first-order valence-corrected chi connectivity index (χ1v) is 8.46. The van der Waals surface area contributed by atoms with Crippen molar-refractivity contribution in [3.8, 4) is 5.75 Å². The van der Waals surface area contributed by atoms with Crippen molar-refractivity contribution in [2.24, 2.45) is 5.92 Å². The first-order chi connectivity index (χ1) is 11.0. The Balaban J connectivity index is 1.77. The maximum atomic E-state index is 12.2. The van der Waals surface area contributed by atoms with E-state index in [2.05, 4.69) is 5.32 Å². The van der Waals surface area contributed by atoms with Gasteiger partial charge < -0.3 is 20.1 Å². The molecule has 0 radical (unpaired) electrons. The van der Waals surface area contributed by atoms with E-state index < -0.39 is 0 Å². The summed E-state index contributed by atoms with van der Waals surface area (Å²) in [4.78, 5) is 14.0. The number of ether oxygens (including phenoxy) is 1. The van der Waals surface area contributed by atoms with Crippen LogP contribution in [-0.2, 0) is 0 Å². The maximum Gasteiger partial charge on any atom is 0.317 e. The third-order valence-electron chi connectivity index (χ3n) is 4.10. The Hall–Kier alpha value is -1.46. The van der Waals surface area contributed by atoms with Crippen molar-refractivity contribution < 1.29 is 14.6 Å². The van der Waals surface area contributed by atoms with Crippen LogP contribution in [0.25, 0.3) is 0 Å². The topological polar surface area (TPSA) is 61.8 Å². The molecule has 1 fully saturated rings. The Labute approximate surface area is 142 Å². The first-order valence-electron chi connectivity index (χ1n) is 8.08. The molecule has 2 N–H and O–H groups in total. The van der Waals surface area contributed by atoms with Crippen molar-refractivity contribution in [3.05, 3.63) is 29.3 Å². The van der Waals surface area contributed by atoms with Gasteiger partial charge in [0.05, 0.1) is 12.6 Å². The molecule has 1 heterocycles. The second-order valence-electron chi connectivity index (χ2n) is 6.16. The van der Waals surface area contributed by atoms with E-state index >= 15 is 0 Å². The molecular weight excluding hydrogens is 316 g/mol. The molecule has 5 nitrogen and oxygen atoms in total. The number of carbonyl (C=O) groups excluding carboxylic acids is 1. The summed E-state index contributed by atoms with van der Waals surface area (Å²) in [6.45, 7) is 5.44. The lowest BCUT2D eigenvalue weighted by molar-refractivity contribution is 0.0732. The van der Waals surface area contributed by atoms with Crippen LogP contribution < -0.4 is 10.1 Å². The predicted molar refractivity (Wildman–Crippen MR) is 90.9 cm³/mol. The number of nitrogens with zero attached hydrogens (tertiary/aromatic N) is 1. The van der Waals surface area contributed by atoms with Gasteiger partial charge in [-0.15, -0.1) is 0 Å². The van der Waals surface area contributed by atoms with Gasteiger partial charge in [-0.3, -0.25) is 0 Å². The van der Waals surface area contributed by atoms with E-state index in [0.29, 0.717) is 23.9 Å². The average Bonchev–Trinajstić information content (AvgIpc) is 2.52. The molecule has 1 aromatic rings. The molecule has 1 aliphatic heterocycles. The number of hydrogen-bond acceptors (Lipinski definition) is 3. The molecule has 6 heteroatoms. The lowest BCUT2D eigenvalue weighted by Crippen LogP contribution is -2.49. The number of nitrogens with one attached hydrogen (secondary N) is 1. The number of piperidine rings is 1. The van der Waals surface area contributed by atoms with Gasteiger partial charge in [0.1, 0.15) is 11.9 Å². The highest BCUT2D eigenvalue weighted by Crippen LogP contribution is 2.20. The summed E-state index contributed by atoms with van der Waals surface area (Å²) in [6, 6.07) is 7.10. The third-order valence-corrected chi connectivity index (χ3v) is 4.34. The summed E-state index contributed by atoms with van der Waals surface area (Å²) < 4.78 is 5.73. The molecule has 1 saturated heterocycles. The second kappa shape index (κ2) is 8.41. The fraction of sp³-hybridized carbons (Fsp3) is 0.588. The van der Waals surface area contributed by atoms with E-state index in [1.54, 1.807) is 24.0 Å². The van der Waals surface area contributed by atoms with Crippen molar-refractivity contribution in [2.75, 3.05) is 19.6 Å². The van der Waals surface area contributed by atoms with Crippen LogP contribution in [0.1, 0.15) is 26.7 Å². The number of rotatable bonds is 5. The summed E-state index contributed by atoms with van der Waals surface area (Å²) in [5.41, 5.74) is 0. The van der Waals surface area contributed by atoms with Crippen LogP contribution in [-0.4, -0.2) is 47.9 Å². The van der Waals surface area contributed by atoms with Crippen LogP contribution >= 0.6 is 11.6 Å². The van der Waals surface area contributed by atoms with Crippen molar-refractivity contribution in [1.29, 1.82) is 0 Å². The number of halogens is 1. The molecule has 0 aliphatic carbocycles. The maximum absolute atomic E-state index is 12.2. The molecule has 1 aromatic carbocycles. The van der Waals surface area contributed by atoms with E-state index in [1.165, 1.54) is 0 Å². The highest BCUT2D eigenvalue weighted by molar-refractivity contribution is 6.30. The fourth-order valence-electron chi connectivity index (χ4n) is 2.75. The predicted octanol–water partition coefficient (Wildman–Crippen LogP) is 2.91. The molecule has 0 spiro atoms. The van der Waals surface area contributed by atoms with Crippen molar-refractivity contribution in [1.82, 2.24) is 10.2 Å². The zero-order valence-corrected chi connectivity index (χ0v) is 14.4. The summed E-state index contributed by atoms with van der Waals surface area (Å²) in [7, 11) is 0. The van der Waals surface area contributed by atoms with Gasteiger partial charge >= 0.3 is 6.03 Å². The smallest absolute Gasteiger partial charge is 0.317 e. The van der Waals surface area contributed by atoms with Crippen LogP contribution in [0.15, 0.2) is 24.3 Å². The monoisotopic (exact) mass is 340 g/mol. The van der Waals surface area contributed by atoms with Crippen LogP contribution in [0.5, 0.6) is 5.75 Å². The highest BCUT2D eigenvalue weighted by atomic mass is 35.5. The van der Waals surface area contributed by atoms with Crippen LogP contribution in [0, 0.1) is 5.92 Å². The van der Waals surface area contributed by atoms with Gasteiger partial charge in [0, 0.05) is 24.0 Å². The molecule has 128 valence electrons. The first kappa shape index (κ1) is 17.9. The lowest BCUT2D eigenvalue weighted by atomic mass is 9.94. The van der Waals surface area contributed by atoms with Gasteiger partial charge in [-0.1, -0.05) is 17.7 Å². The second-order valence-corrected chi connectivity index (χ2v) is 6.60. The van der Waals surface area contributed by atoms with Gasteiger partial charge in [0.15, 0.2) is 0 Å². The lowest BCUT2D eigenvalue weighted by Gasteiger charge is -2.34. The number of hydrogen-bond donors (Lipinski definition) is 2. The van der Waals surface area contributed by atoms with Gasteiger partial charge in [0.25, 0.3) is 0 Å². The van der Waals surface area contributed by atoms with Crippen molar-refractivity contribution >= 4 is 17.6 Å². The van der Waals surface area contributed by atoms with Crippen LogP contribution in [0.2, 0.25) is 5.02 Å². The normalized spacial score (nSPS) is 20.7. The van der Waals surface area contributed by atoms with E-state index in [9.17, 15) is 9.90 Å². The average molecular weight is 341 g/mol. The van der Waals surface area contributed by atoms with Gasteiger partial charge in [-0.2, -0.15) is 0 Å². The summed E-state index contributed by atoms with van der Waals surface area (Å²) in [5.74, 6) is 0.848. The summed E-state index contributed by atoms with van der Waals surface area (Å²) in [6.07, 6.45) is 1.36. The SMILES string of the molecule is CC(CNC(=O)N1CCCC(C(C)O)C1)Oc1cccc(Cl)c1. The zero-order chi connectivity index (χ0) is 16.8. The molecule has 0 bridgehead atoms. The van der Waals surface area contributed by atoms with E-state index in [4.69, 9.17) is 16.3 Å². The number of urea groups is 1. The minimum atomic E-state index is -0.379. The van der Waals surface area contributed by atoms with Gasteiger partial charge in [-0.25, -0.2) is 4.79 Å². The Bertz CT molecular complexity index is 524. The van der Waals surface area contributed by atoms with Gasteiger partial charge in [0.2, 0.25) is 0 Å². The van der Waals surface area contributed by atoms with Crippen LogP contribution in [0.4, 0.5) is 4.79 Å². The summed E-state index contributed by atoms with van der Waals surface area (Å²) >= 11 is 5.92. The highest BCUT2D eigenvalue weighted by Gasteiger charge is 2.26. The summed E-state index contributed by atoms with van der Waals surface area (Å²) in [5, 5.41) is 13.2. The Morgan fingerprint density at radius 3 is 3.00 bits per heavy atom. The number of aliphatic hydroxyl groups excluding tert-OH is 1. The number of carbonyl (C=O) groups is 1. The zero-order valence-electron chi connectivity index (χ0n) is 13.7. The van der Waals surface area contributed by atoms with E-state index in [1.807, 2.05) is 19.1 Å². The number of amides is 2. The molecule has 3 unspecified atom stereocenters. The molecule has 2 amide bonds. The molecule has 0 aromatic heterocycles. The Morgan fingerprint density at radius 2 is 2.30 bits per heavy atom. The fourth-order valence-corrected chi connectivity index (χ4v) is 2.93. The minimum absolute atomic E-state index is 0.100. The van der Waals surface area contributed by atoms with Crippen LogP contribution in [0.3, 0.4) is 0 Å².